The molecular formula is C17H21N7. The van der Waals surface area contributed by atoms with Gasteiger partial charge in [-0.15, -0.1) is 0 Å². The first kappa shape index (κ1) is 14.9. The molecule has 0 spiro atoms. The molecule has 1 aliphatic heterocycles. The van der Waals surface area contributed by atoms with Crippen LogP contribution in [0.15, 0.2) is 31.0 Å². The Labute approximate surface area is 140 Å². The summed E-state index contributed by atoms with van der Waals surface area (Å²) in [5, 5.41) is 4.72. The van der Waals surface area contributed by atoms with E-state index in [0.29, 0.717) is 6.04 Å². The summed E-state index contributed by atoms with van der Waals surface area (Å²) in [6.07, 6.45) is 10.4. The number of nitrogens with one attached hydrogen (secondary N) is 2. The fourth-order valence-corrected chi connectivity index (χ4v) is 3.34. The average molecular weight is 323 g/mol. The number of anilines is 2. The van der Waals surface area contributed by atoms with Crippen LogP contribution in [0.4, 0.5) is 11.8 Å². The molecule has 7 heteroatoms. The van der Waals surface area contributed by atoms with Crippen LogP contribution in [0.1, 0.15) is 25.3 Å². The van der Waals surface area contributed by atoms with E-state index < -0.39 is 0 Å². The molecule has 0 saturated carbocycles. The molecule has 24 heavy (non-hydrogen) atoms. The van der Waals surface area contributed by atoms with E-state index in [1.165, 1.54) is 5.56 Å². The largest absolute Gasteiger partial charge is 0.365 e. The Bertz CT molecular complexity index is 814. The Morgan fingerprint density at radius 3 is 2.96 bits per heavy atom. The normalized spacial score (nSPS) is 18.0. The van der Waals surface area contributed by atoms with Gasteiger partial charge in [-0.2, -0.15) is 0 Å². The second kappa shape index (κ2) is 6.43. The van der Waals surface area contributed by atoms with Crippen molar-refractivity contribution in [3.63, 3.8) is 0 Å². The van der Waals surface area contributed by atoms with Gasteiger partial charge >= 0.3 is 0 Å². The van der Waals surface area contributed by atoms with Gasteiger partial charge in [-0.25, -0.2) is 19.9 Å². The standard InChI is InChI=1S/C17H21N7/c1-2-12-9-20-15-14(12)16(22-11-21-15)23-13-5-3-8-24(10-13)17-18-6-4-7-19-17/h4,6-7,9,11,13H,2-3,5,8,10H2,1H3,(H2,20,21,22,23). The van der Waals surface area contributed by atoms with Crippen LogP contribution in [-0.4, -0.2) is 44.1 Å². The minimum Gasteiger partial charge on any atom is -0.365 e. The Morgan fingerprint density at radius 2 is 2.12 bits per heavy atom. The molecule has 1 atom stereocenters. The predicted molar refractivity (Wildman–Crippen MR) is 94.2 cm³/mol. The minimum absolute atomic E-state index is 0.320. The van der Waals surface area contributed by atoms with Gasteiger partial charge in [0.25, 0.3) is 0 Å². The molecule has 1 saturated heterocycles. The topological polar surface area (TPSA) is 82.6 Å². The number of aromatic nitrogens is 5. The molecule has 1 fully saturated rings. The van der Waals surface area contributed by atoms with Crippen LogP contribution in [0.5, 0.6) is 0 Å². The molecule has 124 valence electrons. The van der Waals surface area contributed by atoms with Crippen molar-refractivity contribution in [1.29, 1.82) is 0 Å². The number of H-pyrrole nitrogens is 1. The summed E-state index contributed by atoms with van der Waals surface area (Å²) in [5.74, 6) is 1.71. The molecule has 1 aliphatic rings. The van der Waals surface area contributed by atoms with Crippen molar-refractivity contribution in [2.24, 2.45) is 0 Å². The van der Waals surface area contributed by atoms with E-state index in [1.807, 2.05) is 12.3 Å². The quantitative estimate of drug-likeness (QED) is 0.767. The third-order valence-electron chi connectivity index (χ3n) is 4.53. The molecule has 0 amide bonds. The molecule has 1 unspecified atom stereocenters. The highest BCUT2D eigenvalue weighted by atomic mass is 15.3. The van der Waals surface area contributed by atoms with Crippen molar-refractivity contribution >= 4 is 22.8 Å². The van der Waals surface area contributed by atoms with E-state index in [1.54, 1.807) is 18.7 Å². The molecule has 4 heterocycles. The lowest BCUT2D eigenvalue weighted by molar-refractivity contribution is 0.522. The average Bonchev–Trinajstić information content (AvgIpc) is 3.07. The van der Waals surface area contributed by atoms with Gasteiger partial charge in [-0.1, -0.05) is 6.92 Å². The highest BCUT2D eigenvalue weighted by molar-refractivity contribution is 5.90. The fourth-order valence-electron chi connectivity index (χ4n) is 3.34. The molecule has 0 aromatic carbocycles. The van der Waals surface area contributed by atoms with Gasteiger partial charge in [0.1, 0.15) is 17.8 Å². The van der Waals surface area contributed by atoms with Crippen LogP contribution in [0.25, 0.3) is 11.0 Å². The van der Waals surface area contributed by atoms with Gasteiger partial charge in [0, 0.05) is 37.7 Å². The van der Waals surface area contributed by atoms with Crippen LogP contribution in [0, 0.1) is 0 Å². The number of rotatable bonds is 4. The van der Waals surface area contributed by atoms with Crippen molar-refractivity contribution in [2.75, 3.05) is 23.3 Å². The van der Waals surface area contributed by atoms with E-state index >= 15 is 0 Å². The number of hydrogen-bond acceptors (Lipinski definition) is 6. The molecular weight excluding hydrogens is 302 g/mol. The van der Waals surface area contributed by atoms with Crippen molar-refractivity contribution < 1.29 is 0 Å². The van der Waals surface area contributed by atoms with Crippen molar-refractivity contribution in [2.45, 2.75) is 32.2 Å². The van der Waals surface area contributed by atoms with Crippen molar-refractivity contribution in [1.82, 2.24) is 24.9 Å². The summed E-state index contributed by atoms with van der Waals surface area (Å²) in [4.78, 5) is 23.0. The third kappa shape index (κ3) is 2.77. The molecule has 0 bridgehead atoms. The number of nitrogens with zero attached hydrogens (tertiary/aromatic N) is 5. The summed E-state index contributed by atoms with van der Waals surface area (Å²) >= 11 is 0. The molecule has 0 aliphatic carbocycles. The molecule has 3 aromatic heterocycles. The number of fused-ring (bicyclic) bond motifs is 1. The highest BCUT2D eigenvalue weighted by Gasteiger charge is 2.23. The summed E-state index contributed by atoms with van der Waals surface area (Å²) in [5.41, 5.74) is 2.13. The van der Waals surface area contributed by atoms with Crippen molar-refractivity contribution in [3.05, 3.63) is 36.5 Å². The van der Waals surface area contributed by atoms with E-state index in [9.17, 15) is 0 Å². The number of aryl methyl sites for hydroxylation is 1. The smallest absolute Gasteiger partial charge is 0.225 e. The predicted octanol–water partition coefficient (Wildman–Crippen LogP) is 2.39. The van der Waals surface area contributed by atoms with Gasteiger partial charge in [-0.3, -0.25) is 0 Å². The summed E-state index contributed by atoms with van der Waals surface area (Å²) < 4.78 is 0. The zero-order valence-electron chi connectivity index (χ0n) is 13.7. The maximum absolute atomic E-state index is 4.49. The van der Waals surface area contributed by atoms with Gasteiger partial charge < -0.3 is 15.2 Å². The lowest BCUT2D eigenvalue weighted by Crippen LogP contribution is -2.43. The van der Waals surface area contributed by atoms with E-state index in [4.69, 9.17) is 0 Å². The van der Waals surface area contributed by atoms with Crippen LogP contribution in [0.3, 0.4) is 0 Å². The van der Waals surface area contributed by atoms with Crippen LogP contribution in [-0.2, 0) is 6.42 Å². The molecule has 7 nitrogen and oxygen atoms in total. The van der Waals surface area contributed by atoms with Crippen LogP contribution in [0.2, 0.25) is 0 Å². The SMILES string of the molecule is CCc1c[nH]c2ncnc(NC3CCCN(c4ncccn4)C3)c12. The Morgan fingerprint density at radius 1 is 1.25 bits per heavy atom. The molecule has 2 N–H and O–H groups in total. The fraction of sp³-hybridized carbons (Fsp3) is 0.412. The molecule has 3 aromatic rings. The second-order valence-corrected chi connectivity index (χ2v) is 6.09. The summed E-state index contributed by atoms with van der Waals surface area (Å²) in [6, 6.07) is 2.17. The van der Waals surface area contributed by atoms with E-state index in [2.05, 4.69) is 42.1 Å². The van der Waals surface area contributed by atoms with Crippen molar-refractivity contribution in [3.8, 4) is 0 Å². The summed E-state index contributed by atoms with van der Waals surface area (Å²) in [6.45, 7) is 4.02. The maximum atomic E-state index is 4.49. The minimum atomic E-state index is 0.320. The van der Waals surface area contributed by atoms with Gasteiger partial charge in [0.2, 0.25) is 5.95 Å². The van der Waals surface area contributed by atoms with E-state index in [-0.39, 0.29) is 0 Å². The molecule has 0 radical (unpaired) electrons. The van der Waals surface area contributed by atoms with Crippen LogP contribution < -0.4 is 10.2 Å². The number of piperidine rings is 1. The van der Waals surface area contributed by atoms with Gasteiger partial charge in [0.15, 0.2) is 0 Å². The highest BCUT2D eigenvalue weighted by Crippen LogP contribution is 2.26. The number of aromatic amines is 1. The number of hydrogen-bond donors (Lipinski definition) is 2. The Kier molecular flexibility index (Phi) is 3.98. The lowest BCUT2D eigenvalue weighted by Gasteiger charge is -2.33. The summed E-state index contributed by atoms with van der Waals surface area (Å²) in [7, 11) is 0. The first-order chi connectivity index (χ1) is 11.8. The third-order valence-corrected chi connectivity index (χ3v) is 4.53. The van der Waals surface area contributed by atoms with Gasteiger partial charge in [-0.05, 0) is 30.9 Å². The Hall–Kier alpha value is -2.70. The zero-order valence-corrected chi connectivity index (χ0v) is 13.7. The first-order valence-electron chi connectivity index (χ1n) is 8.44. The zero-order chi connectivity index (χ0) is 16.4. The van der Waals surface area contributed by atoms with Crippen LogP contribution >= 0.6 is 0 Å². The maximum Gasteiger partial charge on any atom is 0.225 e. The lowest BCUT2D eigenvalue weighted by atomic mass is 10.1. The molecule has 4 rings (SSSR count). The first-order valence-corrected chi connectivity index (χ1v) is 8.44. The second-order valence-electron chi connectivity index (χ2n) is 6.09. The Balaban J connectivity index is 1.56. The van der Waals surface area contributed by atoms with E-state index in [0.717, 1.165) is 55.2 Å². The van der Waals surface area contributed by atoms with Gasteiger partial charge in [0.05, 0.1) is 5.39 Å². The monoisotopic (exact) mass is 323 g/mol.